The molecule has 0 bridgehead atoms. The van der Waals surface area contributed by atoms with Crippen LogP contribution in [0.15, 0.2) is 24.3 Å². The van der Waals surface area contributed by atoms with E-state index in [1.807, 2.05) is 0 Å². The predicted molar refractivity (Wildman–Crippen MR) is 69.0 cm³/mol. The maximum Gasteiger partial charge on any atom is 0.310 e. The second-order valence-electron chi connectivity index (χ2n) is 4.20. The van der Waals surface area contributed by atoms with Crippen molar-refractivity contribution in [3.05, 3.63) is 29.8 Å². The van der Waals surface area contributed by atoms with Crippen LogP contribution in [0.3, 0.4) is 0 Å². The molecule has 0 radical (unpaired) electrons. The molecular weight excluding hydrogens is 232 g/mol. The highest BCUT2D eigenvalue weighted by Crippen LogP contribution is 2.13. The Kier molecular flexibility index (Phi) is 4.71. The summed E-state index contributed by atoms with van der Waals surface area (Å²) in [6, 6.07) is 6.85. The van der Waals surface area contributed by atoms with Crippen LogP contribution in [0.4, 0.5) is 5.69 Å². The van der Waals surface area contributed by atoms with Crippen molar-refractivity contribution in [2.75, 3.05) is 26.4 Å². The Balaban J connectivity index is 2.74. The zero-order chi connectivity index (χ0) is 13.7. The molecule has 1 unspecified atom stereocenters. The summed E-state index contributed by atoms with van der Waals surface area (Å²) in [5.41, 5.74) is 6.61. The van der Waals surface area contributed by atoms with Gasteiger partial charge in [0.1, 0.15) is 0 Å². The fraction of sp³-hybridized carbons (Fsp3) is 0.385. The van der Waals surface area contributed by atoms with Gasteiger partial charge in [0.2, 0.25) is 0 Å². The topological polar surface area (TPSA) is 72.6 Å². The molecule has 0 aliphatic rings. The van der Waals surface area contributed by atoms with Gasteiger partial charge in [-0.1, -0.05) is 19.1 Å². The number of benzene rings is 1. The highest BCUT2D eigenvalue weighted by molar-refractivity contribution is 5.99. The number of amides is 1. The van der Waals surface area contributed by atoms with Crippen LogP contribution in [0.25, 0.3) is 0 Å². The normalized spacial score (nSPS) is 11.7. The maximum absolute atomic E-state index is 12.1. The van der Waals surface area contributed by atoms with Crippen molar-refractivity contribution in [1.29, 1.82) is 0 Å². The molecule has 0 spiro atoms. The minimum absolute atomic E-state index is 0.205. The van der Waals surface area contributed by atoms with E-state index in [4.69, 9.17) is 5.73 Å². The molecule has 0 saturated carbocycles. The molecule has 98 valence electrons. The summed E-state index contributed by atoms with van der Waals surface area (Å²) >= 11 is 0. The Morgan fingerprint density at radius 2 is 2.00 bits per heavy atom. The number of carbonyl (C=O) groups is 2. The van der Waals surface area contributed by atoms with Crippen LogP contribution in [0.5, 0.6) is 0 Å². The number of hydrogen-bond donors (Lipinski definition) is 1. The summed E-state index contributed by atoms with van der Waals surface area (Å²) in [6.07, 6.45) is 0. The van der Waals surface area contributed by atoms with Crippen molar-refractivity contribution < 1.29 is 14.3 Å². The molecule has 0 aliphatic carbocycles. The molecule has 0 heterocycles. The number of rotatable bonds is 4. The van der Waals surface area contributed by atoms with Gasteiger partial charge in [0.25, 0.3) is 5.91 Å². The second-order valence-corrected chi connectivity index (χ2v) is 4.20. The molecule has 0 aromatic heterocycles. The Morgan fingerprint density at radius 3 is 2.56 bits per heavy atom. The standard InChI is InChI=1S/C13H18N2O3/c1-9(13(17)18-3)8-15(2)12(16)10-6-4-5-7-11(10)14/h4-7,9H,8,14H2,1-3H3. The number of anilines is 1. The van der Waals surface area contributed by atoms with Crippen LogP contribution >= 0.6 is 0 Å². The maximum atomic E-state index is 12.1. The van der Waals surface area contributed by atoms with Crippen LogP contribution in [0.1, 0.15) is 17.3 Å². The van der Waals surface area contributed by atoms with Crippen molar-refractivity contribution in [3.63, 3.8) is 0 Å². The van der Waals surface area contributed by atoms with E-state index in [2.05, 4.69) is 4.74 Å². The van der Waals surface area contributed by atoms with E-state index in [1.165, 1.54) is 12.0 Å². The third-order valence-electron chi connectivity index (χ3n) is 2.69. The first-order valence-corrected chi connectivity index (χ1v) is 5.65. The SMILES string of the molecule is COC(=O)C(C)CN(C)C(=O)c1ccccc1N. The summed E-state index contributed by atoms with van der Waals surface area (Å²) in [4.78, 5) is 24.9. The quantitative estimate of drug-likeness (QED) is 0.642. The molecular formula is C13H18N2O3. The van der Waals surface area contributed by atoms with Crippen LogP contribution in [-0.2, 0) is 9.53 Å². The third kappa shape index (κ3) is 3.23. The Morgan fingerprint density at radius 1 is 1.39 bits per heavy atom. The monoisotopic (exact) mass is 250 g/mol. The lowest BCUT2D eigenvalue weighted by Crippen LogP contribution is -2.34. The van der Waals surface area contributed by atoms with Crippen molar-refractivity contribution >= 4 is 17.6 Å². The van der Waals surface area contributed by atoms with Crippen molar-refractivity contribution in [2.24, 2.45) is 5.92 Å². The summed E-state index contributed by atoms with van der Waals surface area (Å²) in [5.74, 6) is -0.909. The lowest BCUT2D eigenvalue weighted by molar-refractivity contribution is -0.145. The Hall–Kier alpha value is -2.04. The predicted octanol–water partition coefficient (Wildman–Crippen LogP) is 1.15. The molecule has 1 aromatic carbocycles. The number of esters is 1. The zero-order valence-corrected chi connectivity index (χ0v) is 10.8. The van der Waals surface area contributed by atoms with Gasteiger partial charge in [-0.05, 0) is 12.1 Å². The highest BCUT2D eigenvalue weighted by atomic mass is 16.5. The Labute approximate surface area is 107 Å². The summed E-state index contributed by atoms with van der Waals surface area (Å²) in [5, 5.41) is 0. The van der Waals surface area contributed by atoms with Gasteiger partial charge < -0.3 is 15.4 Å². The van der Waals surface area contributed by atoms with Crippen LogP contribution in [-0.4, -0.2) is 37.5 Å². The number of nitrogens with two attached hydrogens (primary N) is 1. The number of nitrogen functional groups attached to an aromatic ring is 1. The first-order chi connectivity index (χ1) is 8.47. The van der Waals surface area contributed by atoms with E-state index >= 15 is 0 Å². The van der Waals surface area contributed by atoms with E-state index in [0.29, 0.717) is 17.8 Å². The minimum atomic E-state index is -0.367. The smallest absolute Gasteiger partial charge is 0.310 e. The second kappa shape index (κ2) is 6.05. The molecule has 1 rings (SSSR count). The lowest BCUT2D eigenvalue weighted by Gasteiger charge is -2.21. The number of ether oxygens (including phenoxy) is 1. The first-order valence-electron chi connectivity index (χ1n) is 5.65. The van der Waals surface area contributed by atoms with E-state index in [9.17, 15) is 9.59 Å². The molecule has 2 N–H and O–H groups in total. The summed E-state index contributed by atoms with van der Waals surface area (Å²) < 4.78 is 4.62. The number of hydrogen-bond acceptors (Lipinski definition) is 4. The van der Waals surface area contributed by atoms with Crippen LogP contribution < -0.4 is 5.73 Å². The number of methoxy groups -OCH3 is 1. The molecule has 5 heteroatoms. The van der Waals surface area contributed by atoms with E-state index in [1.54, 1.807) is 38.2 Å². The van der Waals surface area contributed by atoms with Gasteiger partial charge in [0, 0.05) is 19.3 Å². The average molecular weight is 250 g/mol. The van der Waals surface area contributed by atoms with Crippen LogP contribution in [0.2, 0.25) is 0 Å². The summed E-state index contributed by atoms with van der Waals surface area (Å²) in [6.45, 7) is 2.00. The average Bonchev–Trinajstić information content (AvgIpc) is 2.37. The lowest BCUT2D eigenvalue weighted by atomic mass is 10.1. The molecule has 1 amide bonds. The van der Waals surface area contributed by atoms with Gasteiger partial charge in [0.15, 0.2) is 0 Å². The van der Waals surface area contributed by atoms with Crippen molar-refractivity contribution in [3.8, 4) is 0 Å². The first kappa shape index (κ1) is 14.0. The van der Waals surface area contributed by atoms with Crippen molar-refractivity contribution in [2.45, 2.75) is 6.92 Å². The fourth-order valence-electron chi connectivity index (χ4n) is 1.67. The van der Waals surface area contributed by atoms with Gasteiger partial charge in [-0.25, -0.2) is 0 Å². The molecule has 18 heavy (non-hydrogen) atoms. The van der Waals surface area contributed by atoms with Gasteiger partial charge in [-0.3, -0.25) is 9.59 Å². The highest BCUT2D eigenvalue weighted by Gasteiger charge is 2.20. The fourth-order valence-corrected chi connectivity index (χ4v) is 1.67. The zero-order valence-electron chi connectivity index (χ0n) is 10.8. The Bertz CT molecular complexity index is 446. The number of carbonyl (C=O) groups excluding carboxylic acids is 2. The van der Waals surface area contributed by atoms with Gasteiger partial charge in [-0.2, -0.15) is 0 Å². The molecule has 1 aromatic rings. The number of para-hydroxylation sites is 1. The number of nitrogens with zero attached hydrogens (tertiary/aromatic N) is 1. The molecule has 0 saturated heterocycles. The van der Waals surface area contributed by atoms with Gasteiger partial charge in [0.05, 0.1) is 18.6 Å². The van der Waals surface area contributed by atoms with Crippen molar-refractivity contribution in [1.82, 2.24) is 4.90 Å². The molecule has 1 atom stereocenters. The van der Waals surface area contributed by atoms with Gasteiger partial charge >= 0.3 is 5.97 Å². The molecule has 5 nitrogen and oxygen atoms in total. The minimum Gasteiger partial charge on any atom is -0.469 e. The van der Waals surface area contributed by atoms with E-state index in [0.717, 1.165) is 0 Å². The van der Waals surface area contributed by atoms with E-state index < -0.39 is 0 Å². The molecule has 0 fully saturated rings. The van der Waals surface area contributed by atoms with Gasteiger partial charge in [-0.15, -0.1) is 0 Å². The summed E-state index contributed by atoms with van der Waals surface area (Å²) in [7, 11) is 2.96. The largest absolute Gasteiger partial charge is 0.469 e. The van der Waals surface area contributed by atoms with Crippen LogP contribution in [0, 0.1) is 5.92 Å². The third-order valence-corrected chi connectivity index (χ3v) is 2.69. The van der Waals surface area contributed by atoms with E-state index in [-0.39, 0.29) is 17.8 Å². The molecule has 0 aliphatic heterocycles.